The Kier molecular flexibility index (Phi) is 6.35. The molecule has 10 heteroatoms. The summed E-state index contributed by atoms with van der Waals surface area (Å²) in [5.74, 6) is 0.623. The molecular formula is C30H26N6O4. The van der Waals surface area contributed by atoms with Gasteiger partial charge >= 0.3 is 0 Å². The minimum absolute atomic E-state index is 0.101. The summed E-state index contributed by atoms with van der Waals surface area (Å²) in [5.41, 5.74) is 5.90. The largest absolute Gasteiger partial charge is 0.354 e. The Hall–Kier alpha value is -5.25. The number of anilines is 2. The molecule has 40 heavy (non-hydrogen) atoms. The molecule has 1 saturated heterocycles. The average Bonchev–Trinajstić information content (AvgIpc) is 3.66. The molecule has 0 bridgehead atoms. The van der Waals surface area contributed by atoms with Gasteiger partial charge in [-0.1, -0.05) is 36.4 Å². The standard InChI is InChI=1S/C30H26N6O4/c1-18-31-16-26(32-18)20-8-10-22(11-9-20)33-29(21-6-4-19(5-7-21)17-35-14-2-3-27(35)37)28-24-15-23(36(39)40)12-13-25(24)34-30(28)38/h4-13,15-16,33H,2-3,14,17H2,1H3,(H,31,32)(H,34,38)/b29-28-. The first kappa shape index (κ1) is 25.1. The molecule has 2 amide bonds. The molecule has 2 aliphatic rings. The highest BCUT2D eigenvalue weighted by atomic mass is 16.6. The van der Waals surface area contributed by atoms with Crippen molar-refractivity contribution in [2.45, 2.75) is 26.3 Å². The van der Waals surface area contributed by atoms with E-state index in [2.05, 4.69) is 20.6 Å². The van der Waals surface area contributed by atoms with Crippen molar-refractivity contribution in [3.63, 3.8) is 0 Å². The Labute approximate surface area is 229 Å². The molecule has 0 aliphatic carbocycles. The normalized spacial score (nSPS) is 15.7. The SMILES string of the molecule is Cc1nc(-c2ccc(N/C(=C3\C(=O)Nc4ccc([N+](=O)[O-])cc43)c3ccc(CN4CCCC4=O)cc3)cc2)c[nH]1. The topological polar surface area (TPSA) is 133 Å². The minimum Gasteiger partial charge on any atom is -0.354 e. The average molecular weight is 535 g/mol. The number of aromatic nitrogens is 2. The van der Waals surface area contributed by atoms with E-state index in [1.54, 1.807) is 6.07 Å². The molecule has 1 aromatic heterocycles. The van der Waals surface area contributed by atoms with Crippen molar-refractivity contribution in [2.24, 2.45) is 0 Å². The van der Waals surface area contributed by atoms with Crippen molar-refractivity contribution in [1.29, 1.82) is 0 Å². The number of benzene rings is 3. The molecule has 1 fully saturated rings. The number of carbonyl (C=O) groups excluding carboxylic acids is 2. The van der Waals surface area contributed by atoms with Crippen LogP contribution in [0.2, 0.25) is 0 Å². The van der Waals surface area contributed by atoms with E-state index < -0.39 is 4.92 Å². The fourth-order valence-corrected chi connectivity index (χ4v) is 5.10. The lowest BCUT2D eigenvalue weighted by atomic mass is 9.98. The third-order valence-electron chi connectivity index (χ3n) is 7.15. The second kappa shape index (κ2) is 10.1. The number of carbonyl (C=O) groups is 2. The summed E-state index contributed by atoms with van der Waals surface area (Å²) in [4.78, 5) is 45.8. The highest BCUT2D eigenvalue weighted by Gasteiger charge is 2.30. The number of rotatable bonds is 7. The van der Waals surface area contributed by atoms with Gasteiger partial charge in [0.2, 0.25) is 5.91 Å². The predicted molar refractivity (Wildman–Crippen MR) is 152 cm³/mol. The first-order valence-corrected chi connectivity index (χ1v) is 13.0. The smallest absolute Gasteiger partial charge is 0.270 e. The lowest BCUT2D eigenvalue weighted by molar-refractivity contribution is -0.384. The number of non-ortho nitro benzene ring substituents is 1. The summed E-state index contributed by atoms with van der Waals surface area (Å²) in [7, 11) is 0. The number of aromatic amines is 1. The number of H-pyrrole nitrogens is 1. The third-order valence-corrected chi connectivity index (χ3v) is 7.15. The van der Waals surface area contributed by atoms with Crippen molar-refractivity contribution < 1.29 is 14.5 Å². The van der Waals surface area contributed by atoms with Crippen LogP contribution in [-0.4, -0.2) is 38.2 Å². The molecule has 2 aliphatic heterocycles. The van der Waals surface area contributed by atoms with Gasteiger partial charge in [0.25, 0.3) is 11.6 Å². The third kappa shape index (κ3) is 4.82. The lowest BCUT2D eigenvalue weighted by Crippen LogP contribution is -2.23. The maximum atomic E-state index is 13.3. The summed E-state index contributed by atoms with van der Waals surface area (Å²) >= 11 is 0. The van der Waals surface area contributed by atoms with Crippen molar-refractivity contribution >= 4 is 40.1 Å². The fraction of sp³-hybridized carbons (Fsp3) is 0.167. The van der Waals surface area contributed by atoms with E-state index in [9.17, 15) is 19.7 Å². The number of imidazole rings is 1. The molecule has 4 aromatic rings. The lowest BCUT2D eigenvalue weighted by Gasteiger charge is -2.18. The van der Waals surface area contributed by atoms with Crippen LogP contribution in [0.4, 0.5) is 17.1 Å². The Balaban J connectivity index is 1.39. The van der Waals surface area contributed by atoms with E-state index in [1.165, 1.54) is 12.1 Å². The van der Waals surface area contributed by atoms with Crippen molar-refractivity contribution in [3.8, 4) is 11.3 Å². The fourth-order valence-electron chi connectivity index (χ4n) is 5.10. The van der Waals surface area contributed by atoms with Crippen LogP contribution in [0.5, 0.6) is 0 Å². The minimum atomic E-state index is -0.474. The Morgan fingerprint density at radius 2 is 1.85 bits per heavy atom. The van der Waals surface area contributed by atoms with Gasteiger partial charge in [-0.05, 0) is 42.7 Å². The maximum absolute atomic E-state index is 13.3. The Morgan fingerprint density at radius 3 is 2.50 bits per heavy atom. The van der Waals surface area contributed by atoms with Crippen molar-refractivity contribution in [2.75, 3.05) is 17.2 Å². The molecule has 0 unspecified atom stereocenters. The summed E-state index contributed by atoms with van der Waals surface area (Å²) in [5, 5.41) is 17.7. The molecule has 0 radical (unpaired) electrons. The number of hydrogen-bond donors (Lipinski definition) is 3. The Bertz CT molecular complexity index is 1670. The summed E-state index contributed by atoms with van der Waals surface area (Å²) in [6.45, 7) is 3.17. The first-order chi connectivity index (χ1) is 19.4. The van der Waals surface area contributed by atoms with Crippen LogP contribution in [0.3, 0.4) is 0 Å². The summed E-state index contributed by atoms with van der Waals surface area (Å²) < 4.78 is 0. The van der Waals surface area contributed by atoms with Crippen molar-refractivity contribution in [3.05, 3.63) is 106 Å². The van der Waals surface area contributed by atoms with Crippen LogP contribution >= 0.6 is 0 Å². The summed E-state index contributed by atoms with van der Waals surface area (Å²) in [6.07, 6.45) is 3.29. The maximum Gasteiger partial charge on any atom is 0.270 e. The number of hydrogen-bond acceptors (Lipinski definition) is 6. The second-order valence-corrected chi connectivity index (χ2v) is 9.88. The number of fused-ring (bicyclic) bond motifs is 1. The van der Waals surface area contributed by atoms with Gasteiger partial charge in [-0.25, -0.2) is 4.98 Å². The van der Waals surface area contributed by atoms with Crippen LogP contribution in [0, 0.1) is 17.0 Å². The molecule has 0 atom stereocenters. The highest BCUT2D eigenvalue weighted by Crippen LogP contribution is 2.39. The van der Waals surface area contributed by atoms with Gasteiger partial charge in [0.15, 0.2) is 0 Å². The van der Waals surface area contributed by atoms with Gasteiger partial charge in [-0.3, -0.25) is 19.7 Å². The predicted octanol–water partition coefficient (Wildman–Crippen LogP) is 5.35. The van der Waals surface area contributed by atoms with Gasteiger partial charge in [-0.15, -0.1) is 0 Å². The number of nitro benzene ring substituents is 1. The quantitative estimate of drug-likeness (QED) is 0.166. The number of amides is 2. The zero-order valence-electron chi connectivity index (χ0n) is 21.7. The van der Waals surface area contributed by atoms with Crippen LogP contribution in [0.15, 0.2) is 72.9 Å². The molecule has 0 saturated carbocycles. The van der Waals surface area contributed by atoms with Gasteiger partial charge in [0.1, 0.15) is 5.82 Å². The monoisotopic (exact) mass is 534 g/mol. The zero-order chi connectivity index (χ0) is 27.8. The van der Waals surface area contributed by atoms with E-state index in [0.717, 1.165) is 46.9 Å². The summed E-state index contributed by atoms with van der Waals surface area (Å²) in [6, 6.07) is 19.7. The van der Waals surface area contributed by atoms with Gasteiger partial charge in [0.05, 0.1) is 21.9 Å². The Morgan fingerprint density at radius 1 is 1.07 bits per heavy atom. The number of aryl methyl sites for hydroxylation is 1. The van der Waals surface area contributed by atoms with Crippen LogP contribution < -0.4 is 10.6 Å². The van der Waals surface area contributed by atoms with Gasteiger partial charge < -0.3 is 20.5 Å². The van der Waals surface area contributed by atoms with Crippen LogP contribution in [-0.2, 0) is 16.1 Å². The second-order valence-electron chi connectivity index (χ2n) is 9.88. The van der Waals surface area contributed by atoms with Gasteiger partial charge in [-0.2, -0.15) is 0 Å². The van der Waals surface area contributed by atoms with E-state index >= 15 is 0 Å². The molecule has 200 valence electrons. The number of nitro groups is 1. The molecule has 0 spiro atoms. The molecule has 3 aromatic carbocycles. The molecule has 6 rings (SSSR count). The van der Waals surface area contributed by atoms with E-state index in [1.807, 2.05) is 66.6 Å². The molecule has 3 N–H and O–H groups in total. The van der Waals surface area contributed by atoms with Crippen LogP contribution in [0.25, 0.3) is 22.5 Å². The first-order valence-electron chi connectivity index (χ1n) is 13.0. The number of nitrogens with one attached hydrogen (secondary N) is 3. The van der Waals surface area contributed by atoms with Crippen LogP contribution in [0.1, 0.15) is 35.4 Å². The van der Waals surface area contributed by atoms with E-state index in [-0.39, 0.29) is 17.5 Å². The molecule has 10 nitrogen and oxygen atoms in total. The highest BCUT2D eigenvalue weighted by molar-refractivity contribution is 6.37. The molecule has 3 heterocycles. The van der Waals surface area contributed by atoms with Gasteiger partial charge in [0, 0.05) is 60.3 Å². The van der Waals surface area contributed by atoms with Crippen molar-refractivity contribution in [1.82, 2.24) is 14.9 Å². The zero-order valence-corrected chi connectivity index (χ0v) is 21.7. The number of likely N-dealkylation sites (tertiary alicyclic amines) is 1. The molecular weight excluding hydrogens is 508 g/mol. The van der Waals surface area contributed by atoms with E-state index in [4.69, 9.17) is 0 Å². The number of nitrogens with zero attached hydrogens (tertiary/aromatic N) is 3. The van der Waals surface area contributed by atoms with E-state index in [0.29, 0.717) is 35.5 Å².